The van der Waals surface area contributed by atoms with E-state index in [4.69, 9.17) is 4.74 Å². The summed E-state index contributed by atoms with van der Waals surface area (Å²) in [6.45, 7) is 2.36. The van der Waals surface area contributed by atoms with E-state index in [2.05, 4.69) is 20.0 Å². The number of hydrogen-bond donors (Lipinski definition) is 2. The highest BCUT2D eigenvalue weighted by Gasteiger charge is 2.38. The molecule has 1 fully saturated rings. The molecule has 0 bridgehead atoms. The molecule has 1 aliphatic rings. The second-order valence-corrected chi connectivity index (χ2v) is 5.22. The van der Waals surface area contributed by atoms with Crippen LogP contribution < -0.4 is 5.32 Å². The third-order valence-electron chi connectivity index (χ3n) is 3.94. The van der Waals surface area contributed by atoms with Crippen LogP contribution in [-0.4, -0.2) is 59.8 Å². The number of aromatic nitrogens is 2. The highest BCUT2D eigenvalue weighted by atomic mass is 16.5. The summed E-state index contributed by atoms with van der Waals surface area (Å²) in [6.07, 6.45) is 4.01. The summed E-state index contributed by atoms with van der Waals surface area (Å²) < 4.78 is 9.82. The van der Waals surface area contributed by atoms with Gasteiger partial charge < -0.3 is 24.7 Å². The first-order valence-electron chi connectivity index (χ1n) is 7.25. The first-order valence-corrected chi connectivity index (χ1v) is 7.25. The molecule has 3 atom stereocenters. The number of carbonyl (C=O) groups is 2. The molecule has 2 rings (SSSR count). The van der Waals surface area contributed by atoms with Crippen LogP contribution in [0.3, 0.4) is 0 Å². The van der Waals surface area contributed by atoms with E-state index in [1.807, 2.05) is 0 Å². The number of nitrogens with zero attached hydrogens (tertiary/aromatic N) is 2. The minimum absolute atomic E-state index is 0.103. The SMILES string of the molecule is COC(=O)NC(C(=O)N1CCCC1c1ncc[nH]1)C(C)OC. The van der Waals surface area contributed by atoms with Gasteiger partial charge in [0.2, 0.25) is 5.91 Å². The third kappa shape index (κ3) is 3.38. The first kappa shape index (κ1) is 16.3. The predicted molar refractivity (Wildman–Crippen MR) is 78.1 cm³/mol. The van der Waals surface area contributed by atoms with E-state index < -0.39 is 18.2 Å². The lowest BCUT2D eigenvalue weighted by molar-refractivity contribution is -0.137. The predicted octanol–water partition coefficient (Wildman–Crippen LogP) is 0.833. The van der Waals surface area contributed by atoms with Crippen molar-refractivity contribution in [1.29, 1.82) is 0 Å². The molecule has 0 aliphatic carbocycles. The van der Waals surface area contributed by atoms with Gasteiger partial charge in [-0.05, 0) is 19.8 Å². The summed E-state index contributed by atoms with van der Waals surface area (Å²) in [7, 11) is 2.76. The van der Waals surface area contributed by atoms with E-state index >= 15 is 0 Å². The lowest BCUT2D eigenvalue weighted by Gasteiger charge is -2.30. The highest BCUT2D eigenvalue weighted by Crippen LogP contribution is 2.30. The fourth-order valence-electron chi connectivity index (χ4n) is 2.65. The van der Waals surface area contributed by atoms with Crippen molar-refractivity contribution in [2.24, 2.45) is 0 Å². The summed E-state index contributed by atoms with van der Waals surface area (Å²) in [6, 6.07) is -0.901. The van der Waals surface area contributed by atoms with Gasteiger partial charge in [0, 0.05) is 26.0 Å². The van der Waals surface area contributed by atoms with Gasteiger partial charge in [0.05, 0.1) is 19.3 Å². The van der Waals surface area contributed by atoms with E-state index in [1.54, 1.807) is 24.2 Å². The van der Waals surface area contributed by atoms with Gasteiger partial charge in [-0.25, -0.2) is 9.78 Å². The molecule has 0 spiro atoms. The second kappa shape index (κ2) is 7.26. The Balaban J connectivity index is 2.16. The minimum atomic E-state index is -0.798. The molecule has 1 saturated heterocycles. The van der Waals surface area contributed by atoms with Gasteiger partial charge in [-0.1, -0.05) is 0 Å². The molecule has 1 aliphatic heterocycles. The number of hydrogen-bond acceptors (Lipinski definition) is 5. The molecule has 0 aromatic carbocycles. The zero-order valence-electron chi connectivity index (χ0n) is 13.0. The monoisotopic (exact) mass is 310 g/mol. The van der Waals surface area contributed by atoms with E-state index in [-0.39, 0.29) is 11.9 Å². The van der Waals surface area contributed by atoms with Crippen molar-refractivity contribution >= 4 is 12.0 Å². The molecule has 1 aromatic rings. The molecule has 122 valence electrons. The van der Waals surface area contributed by atoms with Crippen molar-refractivity contribution in [3.63, 3.8) is 0 Å². The van der Waals surface area contributed by atoms with Crippen LogP contribution in [-0.2, 0) is 14.3 Å². The molecular formula is C14H22N4O4. The van der Waals surface area contributed by atoms with E-state index in [9.17, 15) is 9.59 Å². The fourth-order valence-corrected chi connectivity index (χ4v) is 2.65. The van der Waals surface area contributed by atoms with E-state index in [0.29, 0.717) is 6.54 Å². The number of nitrogens with one attached hydrogen (secondary N) is 2. The van der Waals surface area contributed by atoms with Crippen molar-refractivity contribution in [3.05, 3.63) is 18.2 Å². The van der Waals surface area contributed by atoms with Crippen molar-refractivity contribution in [2.45, 2.75) is 38.0 Å². The molecule has 22 heavy (non-hydrogen) atoms. The Hall–Kier alpha value is -2.09. The summed E-state index contributed by atoms with van der Waals surface area (Å²) >= 11 is 0. The molecule has 2 heterocycles. The number of likely N-dealkylation sites (tertiary alicyclic amines) is 1. The zero-order valence-corrected chi connectivity index (χ0v) is 13.0. The van der Waals surface area contributed by atoms with Crippen LogP contribution in [0.2, 0.25) is 0 Å². The number of carbonyl (C=O) groups excluding carboxylic acids is 2. The quantitative estimate of drug-likeness (QED) is 0.840. The third-order valence-corrected chi connectivity index (χ3v) is 3.94. The average molecular weight is 310 g/mol. The molecular weight excluding hydrogens is 288 g/mol. The highest BCUT2D eigenvalue weighted by molar-refractivity contribution is 5.86. The van der Waals surface area contributed by atoms with Crippen LogP contribution in [0.15, 0.2) is 12.4 Å². The summed E-state index contributed by atoms with van der Waals surface area (Å²) in [4.78, 5) is 33.4. The van der Waals surface area contributed by atoms with Crippen LogP contribution in [0.5, 0.6) is 0 Å². The van der Waals surface area contributed by atoms with Gasteiger partial charge in [-0.3, -0.25) is 4.79 Å². The van der Waals surface area contributed by atoms with Gasteiger partial charge in [-0.15, -0.1) is 0 Å². The lowest BCUT2D eigenvalue weighted by Crippen LogP contribution is -2.54. The maximum absolute atomic E-state index is 12.8. The fraction of sp³-hybridized carbons (Fsp3) is 0.643. The number of ether oxygens (including phenoxy) is 2. The summed E-state index contributed by atoms with van der Waals surface area (Å²) in [5, 5.41) is 2.55. The maximum atomic E-state index is 12.8. The van der Waals surface area contributed by atoms with Gasteiger partial charge in [-0.2, -0.15) is 0 Å². The Morgan fingerprint density at radius 1 is 1.50 bits per heavy atom. The largest absolute Gasteiger partial charge is 0.453 e. The molecule has 2 amide bonds. The number of amides is 2. The number of aromatic amines is 1. The van der Waals surface area contributed by atoms with Crippen molar-refractivity contribution in [3.8, 4) is 0 Å². The number of alkyl carbamates (subject to hydrolysis) is 1. The Labute approximate surface area is 129 Å². The average Bonchev–Trinajstić information content (AvgIpc) is 3.20. The molecule has 2 N–H and O–H groups in total. The Morgan fingerprint density at radius 2 is 2.27 bits per heavy atom. The number of rotatable bonds is 5. The van der Waals surface area contributed by atoms with Gasteiger partial charge in [0.15, 0.2) is 0 Å². The van der Waals surface area contributed by atoms with Crippen LogP contribution in [0.4, 0.5) is 4.79 Å². The topological polar surface area (TPSA) is 96.5 Å². The van der Waals surface area contributed by atoms with Crippen molar-refractivity contribution in [2.75, 3.05) is 20.8 Å². The standard InChI is InChI=1S/C14H22N4O4/c1-9(21-2)11(17-14(20)22-3)13(19)18-8-4-5-10(18)12-15-6-7-16-12/h6-7,9-11H,4-5,8H2,1-3H3,(H,15,16)(H,17,20). The van der Waals surface area contributed by atoms with Gasteiger partial charge >= 0.3 is 6.09 Å². The smallest absolute Gasteiger partial charge is 0.407 e. The minimum Gasteiger partial charge on any atom is -0.453 e. The number of methoxy groups -OCH3 is 2. The Morgan fingerprint density at radius 3 is 2.86 bits per heavy atom. The molecule has 8 nitrogen and oxygen atoms in total. The van der Waals surface area contributed by atoms with Crippen LogP contribution >= 0.6 is 0 Å². The Bertz CT molecular complexity index is 505. The van der Waals surface area contributed by atoms with E-state index in [0.717, 1.165) is 18.7 Å². The van der Waals surface area contributed by atoms with Gasteiger partial charge in [0.1, 0.15) is 11.9 Å². The maximum Gasteiger partial charge on any atom is 0.407 e. The van der Waals surface area contributed by atoms with Gasteiger partial charge in [0.25, 0.3) is 0 Å². The molecule has 8 heteroatoms. The Kier molecular flexibility index (Phi) is 5.37. The number of imidazole rings is 1. The summed E-state index contributed by atoms with van der Waals surface area (Å²) in [5.41, 5.74) is 0. The molecule has 0 saturated carbocycles. The lowest BCUT2D eigenvalue weighted by atomic mass is 10.1. The first-order chi connectivity index (χ1) is 10.6. The van der Waals surface area contributed by atoms with Crippen LogP contribution in [0.1, 0.15) is 31.6 Å². The van der Waals surface area contributed by atoms with E-state index in [1.165, 1.54) is 14.2 Å². The van der Waals surface area contributed by atoms with Crippen molar-refractivity contribution < 1.29 is 19.1 Å². The zero-order chi connectivity index (χ0) is 16.1. The molecule has 0 radical (unpaired) electrons. The van der Waals surface area contributed by atoms with Crippen molar-refractivity contribution in [1.82, 2.24) is 20.2 Å². The summed E-state index contributed by atoms with van der Waals surface area (Å²) in [5.74, 6) is 0.561. The van der Waals surface area contributed by atoms with Crippen LogP contribution in [0, 0.1) is 0 Å². The molecule has 3 unspecified atom stereocenters. The normalized spacial score (nSPS) is 20.5. The molecule has 1 aromatic heterocycles. The number of H-pyrrole nitrogens is 1. The van der Waals surface area contributed by atoms with Crippen LogP contribution in [0.25, 0.3) is 0 Å². The second-order valence-electron chi connectivity index (χ2n) is 5.22.